The number of benzene rings is 1. The maximum atomic E-state index is 13.0. The van der Waals surface area contributed by atoms with E-state index in [1.807, 2.05) is 44.2 Å². The molecule has 1 aliphatic carbocycles. The van der Waals surface area contributed by atoms with Crippen LogP contribution in [0.4, 0.5) is 5.69 Å². The molecular formula is C24H29N5O2S2. The molecule has 2 amide bonds. The van der Waals surface area contributed by atoms with Crippen LogP contribution in [0, 0.1) is 0 Å². The van der Waals surface area contributed by atoms with Crippen LogP contribution in [0.25, 0.3) is 0 Å². The van der Waals surface area contributed by atoms with Crippen LogP contribution >= 0.6 is 23.1 Å². The Morgan fingerprint density at radius 3 is 2.73 bits per heavy atom. The Kier molecular flexibility index (Phi) is 7.49. The first-order valence-electron chi connectivity index (χ1n) is 11.2. The topological polar surface area (TPSA) is 80.1 Å². The first kappa shape index (κ1) is 23.5. The van der Waals surface area contributed by atoms with Gasteiger partial charge in [0.1, 0.15) is 5.82 Å². The molecule has 1 atom stereocenters. The Hall–Kier alpha value is -2.65. The van der Waals surface area contributed by atoms with Gasteiger partial charge in [0, 0.05) is 30.1 Å². The fourth-order valence-electron chi connectivity index (χ4n) is 3.73. The lowest BCUT2D eigenvalue weighted by Gasteiger charge is -2.21. The van der Waals surface area contributed by atoms with Crippen LogP contribution in [0.15, 0.2) is 46.9 Å². The number of hydrogen-bond donors (Lipinski definition) is 1. The van der Waals surface area contributed by atoms with Gasteiger partial charge in [0.2, 0.25) is 11.8 Å². The molecule has 0 spiro atoms. The lowest BCUT2D eigenvalue weighted by Crippen LogP contribution is -2.39. The minimum absolute atomic E-state index is 0.000719. The van der Waals surface area contributed by atoms with Crippen molar-refractivity contribution in [2.45, 2.75) is 56.0 Å². The number of carbonyl (C=O) groups is 2. The number of carbonyl (C=O) groups excluding carboxylic acids is 2. The Bertz CT molecular complexity index is 1110. The van der Waals surface area contributed by atoms with Crippen molar-refractivity contribution < 1.29 is 9.59 Å². The van der Waals surface area contributed by atoms with Crippen molar-refractivity contribution >= 4 is 40.6 Å². The van der Waals surface area contributed by atoms with E-state index >= 15 is 0 Å². The number of rotatable bonds is 10. The molecule has 9 heteroatoms. The highest BCUT2D eigenvalue weighted by Gasteiger charge is 2.31. The van der Waals surface area contributed by atoms with E-state index in [-0.39, 0.29) is 23.6 Å². The predicted molar refractivity (Wildman–Crippen MR) is 133 cm³/mol. The second-order valence-electron chi connectivity index (χ2n) is 8.27. The zero-order chi connectivity index (χ0) is 23.4. The highest BCUT2D eigenvalue weighted by atomic mass is 32.2. The van der Waals surface area contributed by atoms with Crippen molar-refractivity contribution in [3.05, 3.63) is 58.0 Å². The lowest BCUT2D eigenvalue weighted by molar-refractivity contribution is -0.132. The van der Waals surface area contributed by atoms with Gasteiger partial charge < -0.3 is 14.8 Å². The number of amides is 2. The standard InChI is InChI=1S/C24H29N5O2S2/c1-4-17-8-5-6-10-20(17)25-22(30)15-28(3)23(31)16(2)33-24-27-26-21(29(24)18-11-12-18)14-19-9-7-13-32-19/h5-10,13,16,18H,4,11-12,14-15H2,1-3H3,(H,25,30). The molecule has 2 aromatic heterocycles. The van der Waals surface area contributed by atoms with Gasteiger partial charge in [0.05, 0.1) is 11.8 Å². The van der Waals surface area contributed by atoms with Gasteiger partial charge >= 0.3 is 0 Å². The van der Waals surface area contributed by atoms with Crippen LogP contribution in [-0.2, 0) is 22.4 Å². The normalized spacial score (nSPS) is 14.2. The summed E-state index contributed by atoms with van der Waals surface area (Å²) < 4.78 is 2.20. The highest BCUT2D eigenvalue weighted by molar-refractivity contribution is 8.00. The van der Waals surface area contributed by atoms with Crippen LogP contribution in [0.1, 0.15) is 49.0 Å². The fraction of sp³-hybridized carbons (Fsp3) is 0.417. The maximum Gasteiger partial charge on any atom is 0.243 e. The second kappa shape index (κ2) is 10.5. The first-order valence-corrected chi connectivity index (χ1v) is 13.0. The average molecular weight is 484 g/mol. The second-order valence-corrected chi connectivity index (χ2v) is 10.6. The highest BCUT2D eigenvalue weighted by Crippen LogP contribution is 2.40. The molecule has 0 radical (unpaired) electrons. The molecule has 1 saturated carbocycles. The Morgan fingerprint density at radius 2 is 2.03 bits per heavy atom. The van der Waals surface area contributed by atoms with Crippen molar-refractivity contribution in [3.8, 4) is 0 Å². The molecular weight excluding hydrogens is 454 g/mol. The molecule has 3 aromatic rings. The number of thiophene rings is 1. The molecule has 0 bridgehead atoms. The summed E-state index contributed by atoms with van der Waals surface area (Å²) in [6, 6.07) is 12.3. The summed E-state index contributed by atoms with van der Waals surface area (Å²) >= 11 is 3.13. The first-order chi connectivity index (χ1) is 16.0. The van der Waals surface area contributed by atoms with Crippen LogP contribution in [0.2, 0.25) is 0 Å². The van der Waals surface area contributed by atoms with Crippen molar-refractivity contribution in [1.82, 2.24) is 19.7 Å². The molecule has 7 nitrogen and oxygen atoms in total. The third-order valence-electron chi connectivity index (χ3n) is 5.62. The van der Waals surface area contributed by atoms with Crippen LogP contribution in [-0.4, -0.2) is 50.3 Å². The van der Waals surface area contributed by atoms with E-state index in [0.29, 0.717) is 6.04 Å². The molecule has 0 saturated heterocycles. The fourth-order valence-corrected chi connectivity index (χ4v) is 5.48. The predicted octanol–water partition coefficient (Wildman–Crippen LogP) is 4.41. The zero-order valence-corrected chi connectivity index (χ0v) is 20.8. The molecule has 4 rings (SSSR count). The molecule has 1 unspecified atom stereocenters. The number of aryl methyl sites for hydroxylation is 1. The number of nitrogens with zero attached hydrogens (tertiary/aromatic N) is 4. The van der Waals surface area contributed by atoms with Gasteiger partial charge in [0.15, 0.2) is 5.16 Å². The molecule has 2 heterocycles. The van der Waals surface area contributed by atoms with E-state index in [1.165, 1.54) is 21.5 Å². The van der Waals surface area contributed by atoms with Crippen molar-refractivity contribution in [1.29, 1.82) is 0 Å². The largest absolute Gasteiger partial charge is 0.335 e. The van der Waals surface area contributed by atoms with Crippen LogP contribution in [0.5, 0.6) is 0 Å². The number of likely N-dealkylation sites (N-methyl/N-ethyl adjacent to an activating group) is 1. The summed E-state index contributed by atoms with van der Waals surface area (Å²) in [4.78, 5) is 28.3. The molecule has 1 N–H and O–H groups in total. The molecule has 1 fully saturated rings. The van der Waals surface area contributed by atoms with Crippen LogP contribution in [0.3, 0.4) is 0 Å². The summed E-state index contributed by atoms with van der Waals surface area (Å²) in [6.45, 7) is 3.91. The third kappa shape index (κ3) is 5.83. The van der Waals surface area contributed by atoms with Crippen molar-refractivity contribution in [3.63, 3.8) is 0 Å². The molecule has 174 valence electrons. The van der Waals surface area contributed by atoms with Gasteiger partial charge in [-0.2, -0.15) is 0 Å². The van der Waals surface area contributed by atoms with Gasteiger partial charge in [-0.1, -0.05) is 43.0 Å². The number of thioether (sulfide) groups is 1. The van der Waals surface area contributed by atoms with E-state index in [0.717, 1.165) is 47.9 Å². The number of anilines is 1. The quantitative estimate of drug-likeness (QED) is 0.432. The van der Waals surface area contributed by atoms with Gasteiger partial charge in [-0.15, -0.1) is 21.5 Å². The summed E-state index contributed by atoms with van der Waals surface area (Å²) in [5.41, 5.74) is 1.87. The van der Waals surface area contributed by atoms with E-state index in [4.69, 9.17) is 0 Å². The van der Waals surface area contributed by atoms with E-state index in [2.05, 4.69) is 31.5 Å². The van der Waals surface area contributed by atoms with E-state index < -0.39 is 0 Å². The Morgan fingerprint density at radius 1 is 1.24 bits per heavy atom. The van der Waals surface area contributed by atoms with Gasteiger partial charge in [0.25, 0.3) is 0 Å². The SMILES string of the molecule is CCc1ccccc1NC(=O)CN(C)C(=O)C(C)Sc1nnc(Cc2cccs2)n1C1CC1. The van der Waals surface area contributed by atoms with Gasteiger partial charge in [-0.25, -0.2) is 0 Å². The summed E-state index contributed by atoms with van der Waals surface area (Å²) in [5.74, 6) is 0.636. The minimum Gasteiger partial charge on any atom is -0.335 e. The Labute approximate surface area is 202 Å². The molecule has 0 aliphatic heterocycles. The number of nitrogens with one attached hydrogen (secondary N) is 1. The zero-order valence-electron chi connectivity index (χ0n) is 19.2. The molecule has 1 aliphatic rings. The van der Waals surface area contributed by atoms with E-state index in [9.17, 15) is 9.59 Å². The van der Waals surface area contributed by atoms with Crippen LogP contribution < -0.4 is 5.32 Å². The van der Waals surface area contributed by atoms with Crippen molar-refractivity contribution in [2.75, 3.05) is 18.9 Å². The number of hydrogen-bond acceptors (Lipinski definition) is 6. The van der Waals surface area contributed by atoms with Crippen molar-refractivity contribution in [2.24, 2.45) is 0 Å². The smallest absolute Gasteiger partial charge is 0.243 e. The maximum absolute atomic E-state index is 13.0. The number of para-hydroxylation sites is 1. The Balaban J connectivity index is 1.37. The summed E-state index contributed by atoms with van der Waals surface area (Å²) in [7, 11) is 1.67. The third-order valence-corrected chi connectivity index (χ3v) is 7.54. The number of aromatic nitrogens is 3. The minimum atomic E-state index is -0.373. The van der Waals surface area contributed by atoms with Gasteiger partial charge in [-0.3, -0.25) is 9.59 Å². The average Bonchev–Trinajstić information content (AvgIpc) is 3.36. The summed E-state index contributed by atoms with van der Waals surface area (Å²) in [5, 5.41) is 14.2. The lowest BCUT2D eigenvalue weighted by atomic mass is 10.1. The van der Waals surface area contributed by atoms with Gasteiger partial charge in [-0.05, 0) is 49.3 Å². The monoisotopic (exact) mass is 483 g/mol. The van der Waals surface area contributed by atoms with E-state index in [1.54, 1.807) is 18.4 Å². The molecule has 33 heavy (non-hydrogen) atoms. The summed E-state index contributed by atoms with van der Waals surface area (Å²) in [6.07, 6.45) is 3.81. The molecule has 1 aromatic carbocycles.